The van der Waals surface area contributed by atoms with Gasteiger partial charge in [-0.1, -0.05) is 74.9 Å². The first-order chi connectivity index (χ1) is 18.2. The zero-order valence-electron chi connectivity index (χ0n) is 22.7. The van der Waals surface area contributed by atoms with Crippen LogP contribution >= 0.6 is 0 Å². The number of nitrogens with one attached hydrogen (secondary N) is 1. The average molecular weight is 505 g/mol. The highest BCUT2D eigenvalue weighted by Gasteiger charge is 2.23. The standard InChI is InChI=1S/C32H32N4O2/c1-20-12-15-24(16-13-20)36-30-29(21(2)35-36)25(19-26(33-30)22-10-8-7-9-11-22)31(37)34-27-18-23(32(3,4)5)14-17-28(27)38-6/h7-19H,1-6H3,(H,34,37). The van der Waals surface area contributed by atoms with Crippen molar-refractivity contribution >= 4 is 22.6 Å². The Labute approximate surface area is 223 Å². The number of hydrogen-bond donors (Lipinski definition) is 1. The molecule has 0 spiro atoms. The Morgan fingerprint density at radius 1 is 0.921 bits per heavy atom. The smallest absolute Gasteiger partial charge is 0.256 e. The number of nitrogens with zero attached hydrogens (tertiary/aromatic N) is 3. The van der Waals surface area contributed by atoms with Crippen LogP contribution in [-0.4, -0.2) is 27.8 Å². The van der Waals surface area contributed by atoms with Gasteiger partial charge in [-0.25, -0.2) is 9.67 Å². The highest BCUT2D eigenvalue weighted by atomic mass is 16.5. The third-order valence-electron chi connectivity index (χ3n) is 6.72. The first-order valence-corrected chi connectivity index (χ1v) is 12.7. The van der Waals surface area contributed by atoms with Gasteiger partial charge in [-0.3, -0.25) is 4.79 Å². The number of amides is 1. The summed E-state index contributed by atoms with van der Waals surface area (Å²) in [6.07, 6.45) is 0. The number of hydrogen-bond acceptors (Lipinski definition) is 4. The van der Waals surface area contributed by atoms with E-state index in [-0.39, 0.29) is 11.3 Å². The lowest BCUT2D eigenvalue weighted by Crippen LogP contribution is -2.16. The van der Waals surface area contributed by atoms with Gasteiger partial charge >= 0.3 is 0 Å². The van der Waals surface area contributed by atoms with Crippen LogP contribution < -0.4 is 10.1 Å². The Balaban J connectivity index is 1.69. The minimum absolute atomic E-state index is 0.0814. The SMILES string of the molecule is COc1ccc(C(C)(C)C)cc1NC(=O)c1cc(-c2ccccc2)nc2c1c(C)nn2-c1ccc(C)cc1. The average Bonchev–Trinajstić information content (AvgIpc) is 3.24. The second kappa shape index (κ2) is 9.78. The number of aryl methyl sites for hydroxylation is 2. The number of ether oxygens (including phenoxy) is 1. The van der Waals surface area contributed by atoms with Gasteiger partial charge in [0.25, 0.3) is 5.91 Å². The Kier molecular flexibility index (Phi) is 6.49. The van der Waals surface area contributed by atoms with Crippen molar-refractivity contribution in [3.63, 3.8) is 0 Å². The van der Waals surface area contributed by atoms with Crippen molar-refractivity contribution in [1.82, 2.24) is 14.8 Å². The second-order valence-corrected chi connectivity index (χ2v) is 10.6. The van der Waals surface area contributed by atoms with Crippen LogP contribution in [0.2, 0.25) is 0 Å². The maximum atomic E-state index is 14.0. The van der Waals surface area contributed by atoms with Gasteiger partial charge < -0.3 is 10.1 Å². The number of carbonyl (C=O) groups is 1. The van der Waals surface area contributed by atoms with Gasteiger partial charge in [0.1, 0.15) is 5.75 Å². The van der Waals surface area contributed by atoms with E-state index in [2.05, 4.69) is 26.1 Å². The number of methoxy groups -OCH3 is 1. The van der Waals surface area contributed by atoms with Crippen LogP contribution in [0.3, 0.4) is 0 Å². The van der Waals surface area contributed by atoms with Crippen molar-refractivity contribution in [2.75, 3.05) is 12.4 Å². The van der Waals surface area contributed by atoms with Gasteiger partial charge in [-0.2, -0.15) is 5.10 Å². The molecule has 0 aliphatic carbocycles. The first kappa shape index (κ1) is 25.2. The van der Waals surface area contributed by atoms with Gasteiger partial charge in [-0.05, 0) is 55.2 Å². The molecule has 0 unspecified atom stereocenters. The molecule has 5 rings (SSSR count). The maximum Gasteiger partial charge on any atom is 0.256 e. The molecule has 0 radical (unpaired) electrons. The lowest BCUT2D eigenvalue weighted by Gasteiger charge is -2.21. The molecule has 3 aromatic carbocycles. The molecule has 5 aromatic rings. The fourth-order valence-corrected chi connectivity index (χ4v) is 4.55. The topological polar surface area (TPSA) is 69.0 Å². The normalized spacial score (nSPS) is 11.5. The molecule has 0 aliphatic rings. The number of benzene rings is 3. The van der Waals surface area contributed by atoms with E-state index < -0.39 is 0 Å². The first-order valence-electron chi connectivity index (χ1n) is 12.7. The molecule has 2 aromatic heterocycles. The molecule has 2 heterocycles. The van der Waals surface area contributed by atoms with Crippen LogP contribution in [0.4, 0.5) is 5.69 Å². The molecule has 0 bridgehead atoms. The van der Waals surface area contributed by atoms with Crippen LogP contribution in [-0.2, 0) is 5.41 Å². The van der Waals surface area contributed by atoms with Gasteiger partial charge in [0.15, 0.2) is 5.65 Å². The van der Waals surface area contributed by atoms with E-state index in [1.807, 2.05) is 97.4 Å². The summed E-state index contributed by atoms with van der Waals surface area (Å²) in [6.45, 7) is 10.4. The fraction of sp³-hybridized carbons (Fsp3) is 0.219. The quantitative estimate of drug-likeness (QED) is 0.273. The summed E-state index contributed by atoms with van der Waals surface area (Å²) in [4.78, 5) is 18.9. The van der Waals surface area contributed by atoms with Crippen molar-refractivity contribution in [2.24, 2.45) is 0 Å². The number of rotatable bonds is 5. The molecule has 1 amide bonds. The molecular formula is C32H32N4O2. The predicted octanol–water partition coefficient (Wildman–Crippen LogP) is 7.26. The molecule has 0 aliphatic heterocycles. The van der Waals surface area contributed by atoms with E-state index >= 15 is 0 Å². The van der Waals surface area contributed by atoms with Crippen LogP contribution in [0, 0.1) is 13.8 Å². The van der Waals surface area contributed by atoms with Crippen LogP contribution in [0.15, 0.2) is 78.9 Å². The van der Waals surface area contributed by atoms with Gasteiger partial charge in [0.2, 0.25) is 0 Å². The molecule has 0 atom stereocenters. The minimum Gasteiger partial charge on any atom is -0.495 e. The number of fused-ring (bicyclic) bond motifs is 1. The Morgan fingerprint density at radius 2 is 1.63 bits per heavy atom. The summed E-state index contributed by atoms with van der Waals surface area (Å²) in [6, 6.07) is 25.7. The van der Waals surface area contributed by atoms with Crippen LogP contribution in [0.5, 0.6) is 5.75 Å². The highest BCUT2D eigenvalue weighted by Crippen LogP contribution is 2.33. The minimum atomic E-state index is -0.245. The molecule has 6 nitrogen and oxygen atoms in total. The zero-order chi connectivity index (χ0) is 27.0. The van der Waals surface area contributed by atoms with Crippen molar-refractivity contribution in [3.05, 3.63) is 101 Å². The van der Waals surface area contributed by atoms with E-state index in [1.165, 1.54) is 0 Å². The Bertz CT molecular complexity index is 1630. The van der Waals surface area contributed by atoms with Crippen molar-refractivity contribution in [3.8, 4) is 22.7 Å². The molecular weight excluding hydrogens is 472 g/mol. The largest absolute Gasteiger partial charge is 0.495 e. The maximum absolute atomic E-state index is 14.0. The van der Waals surface area contributed by atoms with Crippen molar-refractivity contribution in [1.29, 1.82) is 0 Å². The van der Waals surface area contributed by atoms with Crippen molar-refractivity contribution < 1.29 is 9.53 Å². The molecule has 1 N–H and O–H groups in total. The summed E-state index contributed by atoms with van der Waals surface area (Å²) in [5.74, 6) is 0.359. The summed E-state index contributed by atoms with van der Waals surface area (Å²) in [5.41, 5.74) is 7.18. The van der Waals surface area contributed by atoms with Crippen LogP contribution in [0.25, 0.3) is 28.0 Å². The lowest BCUT2D eigenvalue weighted by atomic mass is 9.87. The number of aromatic nitrogens is 3. The van der Waals surface area contributed by atoms with Crippen molar-refractivity contribution in [2.45, 2.75) is 40.0 Å². The fourth-order valence-electron chi connectivity index (χ4n) is 4.55. The second-order valence-electron chi connectivity index (χ2n) is 10.6. The van der Waals surface area contributed by atoms with E-state index in [0.717, 1.165) is 28.1 Å². The molecule has 0 saturated carbocycles. The number of anilines is 1. The van der Waals surface area contributed by atoms with E-state index in [9.17, 15) is 4.79 Å². The predicted molar refractivity (Wildman–Crippen MR) is 153 cm³/mol. The summed E-state index contributed by atoms with van der Waals surface area (Å²) >= 11 is 0. The molecule has 192 valence electrons. The number of pyridine rings is 1. The zero-order valence-corrected chi connectivity index (χ0v) is 22.7. The van der Waals surface area contributed by atoms with Gasteiger partial charge in [-0.15, -0.1) is 0 Å². The number of carbonyl (C=O) groups excluding carboxylic acids is 1. The van der Waals surface area contributed by atoms with Crippen LogP contribution in [0.1, 0.15) is 48.0 Å². The van der Waals surface area contributed by atoms with E-state index in [4.69, 9.17) is 14.8 Å². The molecule has 0 saturated heterocycles. The summed E-state index contributed by atoms with van der Waals surface area (Å²) in [7, 11) is 1.61. The van der Waals surface area contributed by atoms with Gasteiger partial charge in [0.05, 0.1) is 40.8 Å². The highest BCUT2D eigenvalue weighted by molar-refractivity contribution is 6.14. The third kappa shape index (κ3) is 4.77. The lowest BCUT2D eigenvalue weighted by molar-refractivity contribution is 0.102. The third-order valence-corrected chi connectivity index (χ3v) is 6.72. The Hall–Kier alpha value is -4.45. The summed E-state index contributed by atoms with van der Waals surface area (Å²) < 4.78 is 7.40. The van der Waals surface area contributed by atoms with E-state index in [0.29, 0.717) is 33.7 Å². The summed E-state index contributed by atoms with van der Waals surface area (Å²) in [5, 5.41) is 8.64. The molecule has 0 fully saturated rings. The van der Waals surface area contributed by atoms with E-state index in [1.54, 1.807) is 7.11 Å². The molecule has 6 heteroatoms. The Morgan fingerprint density at radius 3 is 2.29 bits per heavy atom. The molecule has 38 heavy (non-hydrogen) atoms. The monoisotopic (exact) mass is 504 g/mol. The van der Waals surface area contributed by atoms with Gasteiger partial charge in [0, 0.05) is 5.56 Å².